The van der Waals surface area contributed by atoms with Gasteiger partial charge in [-0.2, -0.15) is 5.10 Å². The van der Waals surface area contributed by atoms with Gasteiger partial charge in [-0.15, -0.1) is 0 Å². The Balaban J connectivity index is 1.64. The van der Waals surface area contributed by atoms with Crippen molar-refractivity contribution < 1.29 is 14.1 Å². The molecule has 0 aliphatic rings. The first-order valence-electron chi connectivity index (χ1n) is 8.03. The lowest BCUT2D eigenvalue weighted by atomic mass is 10.1. The third-order valence-electron chi connectivity index (χ3n) is 3.71. The van der Waals surface area contributed by atoms with E-state index >= 15 is 0 Å². The van der Waals surface area contributed by atoms with E-state index in [1.54, 1.807) is 36.4 Å². The van der Waals surface area contributed by atoms with Gasteiger partial charge in [0.05, 0.1) is 22.6 Å². The highest BCUT2D eigenvalue weighted by Crippen LogP contribution is 2.32. The van der Waals surface area contributed by atoms with Crippen LogP contribution in [0.1, 0.15) is 11.3 Å². The highest BCUT2D eigenvalue weighted by molar-refractivity contribution is 6.33. The van der Waals surface area contributed by atoms with Crippen LogP contribution in [0.2, 0.25) is 10.0 Å². The molecule has 9 heteroatoms. The molecule has 0 radical (unpaired) electrons. The van der Waals surface area contributed by atoms with Crippen molar-refractivity contribution in [3.63, 3.8) is 0 Å². The summed E-state index contributed by atoms with van der Waals surface area (Å²) in [6, 6.07) is 14.2. The third-order valence-corrected chi connectivity index (χ3v) is 4.29. The second-order valence-electron chi connectivity index (χ2n) is 5.72. The maximum Gasteiger partial charge on any atom is 0.270 e. The highest BCUT2D eigenvalue weighted by Gasteiger charge is 2.14. The summed E-state index contributed by atoms with van der Waals surface area (Å²) >= 11 is 11.9. The van der Waals surface area contributed by atoms with Gasteiger partial charge in [0.15, 0.2) is 0 Å². The predicted molar refractivity (Wildman–Crippen MR) is 107 cm³/mol. The number of furan rings is 1. The molecule has 1 heterocycles. The van der Waals surface area contributed by atoms with Crippen LogP contribution in [0.4, 0.5) is 5.69 Å². The van der Waals surface area contributed by atoms with E-state index in [0.29, 0.717) is 27.1 Å². The number of carbonyl (C=O) groups excluding carboxylic acids is 1. The molecule has 1 amide bonds. The molecule has 0 unspecified atom stereocenters. The number of hydrogen-bond donors (Lipinski definition) is 1. The van der Waals surface area contributed by atoms with Crippen LogP contribution in [-0.2, 0) is 11.2 Å². The van der Waals surface area contributed by atoms with Crippen molar-refractivity contribution in [1.29, 1.82) is 0 Å². The van der Waals surface area contributed by atoms with Gasteiger partial charge in [-0.25, -0.2) is 5.43 Å². The Kier molecular flexibility index (Phi) is 6.08. The molecule has 7 nitrogen and oxygen atoms in total. The maximum absolute atomic E-state index is 11.9. The molecular weight excluding hydrogens is 405 g/mol. The van der Waals surface area contributed by atoms with Crippen LogP contribution in [0.5, 0.6) is 0 Å². The van der Waals surface area contributed by atoms with Gasteiger partial charge >= 0.3 is 0 Å². The summed E-state index contributed by atoms with van der Waals surface area (Å²) < 4.78 is 5.58. The van der Waals surface area contributed by atoms with Crippen LogP contribution < -0.4 is 5.43 Å². The van der Waals surface area contributed by atoms with Crippen molar-refractivity contribution in [2.24, 2.45) is 5.10 Å². The Labute approximate surface area is 169 Å². The van der Waals surface area contributed by atoms with E-state index in [1.165, 1.54) is 24.4 Å². The number of hydrazone groups is 1. The Bertz CT molecular complexity index is 1050. The van der Waals surface area contributed by atoms with Crippen molar-refractivity contribution in [2.45, 2.75) is 6.42 Å². The van der Waals surface area contributed by atoms with E-state index < -0.39 is 4.92 Å². The van der Waals surface area contributed by atoms with Crippen molar-refractivity contribution >= 4 is 41.0 Å². The smallest absolute Gasteiger partial charge is 0.270 e. The summed E-state index contributed by atoms with van der Waals surface area (Å²) in [6.45, 7) is 0. The van der Waals surface area contributed by atoms with Gasteiger partial charge < -0.3 is 4.42 Å². The molecule has 0 atom stereocenters. The van der Waals surface area contributed by atoms with Crippen LogP contribution in [0.3, 0.4) is 0 Å². The fraction of sp³-hybridized carbons (Fsp3) is 0.0526. The summed E-state index contributed by atoms with van der Waals surface area (Å²) in [7, 11) is 0. The van der Waals surface area contributed by atoms with Crippen molar-refractivity contribution in [3.05, 3.63) is 86.1 Å². The molecule has 0 fully saturated rings. The Hall–Kier alpha value is -3.16. The van der Waals surface area contributed by atoms with Gasteiger partial charge in [0, 0.05) is 22.7 Å². The van der Waals surface area contributed by atoms with Gasteiger partial charge in [0.1, 0.15) is 11.5 Å². The minimum absolute atomic E-state index is 0.0968. The minimum Gasteiger partial charge on any atom is -0.455 e. The van der Waals surface area contributed by atoms with Crippen molar-refractivity contribution in [1.82, 2.24) is 5.43 Å². The molecule has 0 saturated carbocycles. The van der Waals surface area contributed by atoms with Gasteiger partial charge in [0.25, 0.3) is 5.69 Å². The molecule has 3 aromatic rings. The number of nitrogens with one attached hydrogen (secondary N) is 1. The molecule has 0 aliphatic heterocycles. The topological polar surface area (TPSA) is 97.7 Å². The number of benzene rings is 2. The van der Waals surface area contributed by atoms with E-state index in [2.05, 4.69) is 10.5 Å². The fourth-order valence-corrected chi connectivity index (χ4v) is 2.71. The largest absolute Gasteiger partial charge is 0.455 e. The van der Waals surface area contributed by atoms with E-state index in [4.69, 9.17) is 27.6 Å². The second-order valence-corrected chi connectivity index (χ2v) is 6.56. The molecule has 0 aliphatic carbocycles. The first-order valence-corrected chi connectivity index (χ1v) is 8.78. The Morgan fingerprint density at radius 2 is 1.89 bits per heavy atom. The molecule has 3 rings (SSSR count). The van der Waals surface area contributed by atoms with E-state index in [0.717, 1.165) is 5.56 Å². The van der Waals surface area contributed by atoms with Crippen molar-refractivity contribution in [2.75, 3.05) is 0 Å². The van der Waals surface area contributed by atoms with Crippen LogP contribution in [0.15, 0.2) is 64.1 Å². The second kappa shape index (κ2) is 8.69. The number of amides is 1. The van der Waals surface area contributed by atoms with Crippen LogP contribution in [0.25, 0.3) is 11.3 Å². The van der Waals surface area contributed by atoms with E-state index in [1.807, 2.05) is 0 Å². The lowest BCUT2D eigenvalue weighted by molar-refractivity contribution is -0.384. The number of nitrogens with zero attached hydrogens (tertiary/aromatic N) is 2. The Morgan fingerprint density at radius 3 is 2.61 bits per heavy atom. The van der Waals surface area contributed by atoms with E-state index in [-0.39, 0.29) is 18.0 Å². The number of non-ortho nitro benzene ring substituents is 1. The first kappa shape index (κ1) is 19.6. The highest BCUT2D eigenvalue weighted by atomic mass is 35.5. The monoisotopic (exact) mass is 417 g/mol. The predicted octanol–water partition coefficient (Wildman–Crippen LogP) is 4.85. The van der Waals surface area contributed by atoms with Gasteiger partial charge in [-0.1, -0.05) is 35.3 Å². The zero-order valence-electron chi connectivity index (χ0n) is 14.3. The van der Waals surface area contributed by atoms with Gasteiger partial charge in [0.2, 0.25) is 5.91 Å². The average molecular weight is 418 g/mol. The number of nitro groups is 1. The quantitative estimate of drug-likeness (QED) is 0.351. The number of hydrogen-bond acceptors (Lipinski definition) is 5. The lowest BCUT2D eigenvalue weighted by Gasteiger charge is -2.01. The zero-order chi connectivity index (χ0) is 20.1. The fourth-order valence-electron chi connectivity index (χ4n) is 2.38. The van der Waals surface area contributed by atoms with Gasteiger partial charge in [-0.3, -0.25) is 14.9 Å². The summed E-state index contributed by atoms with van der Waals surface area (Å²) in [5.74, 6) is 0.402. The SMILES string of the molecule is O=C(Cc1ccc(Cl)cc1)N/N=C\c1ccc(-c2cc([N+](=O)[O-])ccc2Cl)o1. The Morgan fingerprint density at radius 1 is 1.14 bits per heavy atom. The normalized spacial score (nSPS) is 10.9. The van der Waals surface area contributed by atoms with Crippen LogP contribution >= 0.6 is 23.2 Å². The number of halogens is 2. The number of nitro benzene ring substituents is 1. The lowest BCUT2D eigenvalue weighted by Crippen LogP contribution is -2.19. The summed E-state index contributed by atoms with van der Waals surface area (Å²) in [5.41, 5.74) is 3.50. The van der Waals surface area contributed by atoms with E-state index in [9.17, 15) is 14.9 Å². The first-order chi connectivity index (χ1) is 13.4. The van der Waals surface area contributed by atoms with Gasteiger partial charge in [-0.05, 0) is 35.9 Å². The maximum atomic E-state index is 11.9. The third kappa shape index (κ3) is 4.97. The number of carbonyl (C=O) groups is 1. The molecule has 0 spiro atoms. The molecule has 142 valence electrons. The summed E-state index contributed by atoms with van der Waals surface area (Å²) in [4.78, 5) is 22.3. The van der Waals surface area contributed by atoms with Crippen LogP contribution in [-0.4, -0.2) is 17.0 Å². The minimum atomic E-state index is -0.513. The average Bonchev–Trinajstić information content (AvgIpc) is 3.12. The summed E-state index contributed by atoms with van der Waals surface area (Å²) in [5, 5.41) is 15.7. The molecule has 2 aromatic carbocycles. The molecule has 0 saturated heterocycles. The molecule has 28 heavy (non-hydrogen) atoms. The summed E-state index contributed by atoms with van der Waals surface area (Å²) in [6.07, 6.45) is 1.48. The molecule has 0 bridgehead atoms. The number of rotatable bonds is 6. The molecule has 1 aromatic heterocycles. The molecule has 1 N–H and O–H groups in total. The van der Waals surface area contributed by atoms with Crippen molar-refractivity contribution in [3.8, 4) is 11.3 Å². The molecular formula is C19H13Cl2N3O4. The standard InChI is InChI=1S/C19H13Cl2N3O4/c20-13-3-1-12(2-4-13)9-19(25)23-22-11-15-6-8-18(28-15)16-10-14(24(26)27)5-7-17(16)21/h1-8,10-11H,9H2,(H,23,25)/b22-11-. The zero-order valence-corrected chi connectivity index (χ0v) is 15.8. The van der Waals surface area contributed by atoms with Crippen LogP contribution in [0, 0.1) is 10.1 Å².